The van der Waals surface area contributed by atoms with E-state index < -0.39 is 0 Å². The smallest absolute Gasteiger partial charge is 0.233 e. The maximum absolute atomic E-state index is 12.6. The lowest BCUT2D eigenvalue weighted by atomic mass is 9.85. The fourth-order valence-corrected chi connectivity index (χ4v) is 4.17. The molecule has 1 fully saturated rings. The van der Waals surface area contributed by atoms with Crippen molar-refractivity contribution in [2.75, 3.05) is 6.54 Å². The Morgan fingerprint density at radius 2 is 1.58 bits per heavy atom. The number of allylic oxidation sites excluding steroid dienone is 2. The van der Waals surface area contributed by atoms with Crippen molar-refractivity contribution in [3.63, 3.8) is 0 Å². The first kappa shape index (κ1) is 15.3. The van der Waals surface area contributed by atoms with Crippen LogP contribution in [0.2, 0.25) is 0 Å². The van der Waals surface area contributed by atoms with E-state index in [1.807, 2.05) is 30.4 Å². The minimum absolute atomic E-state index is 0.122. The third-order valence-corrected chi connectivity index (χ3v) is 5.57. The molecule has 2 atom stereocenters. The second-order valence-corrected chi connectivity index (χ2v) is 7.03. The Kier molecular flexibility index (Phi) is 3.83. The fourth-order valence-electron chi connectivity index (χ4n) is 4.17. The molecule has 0 N–H and O–H groups in total. The Morgan fingerprint density at radius 3 is 2.25 bits per heavy atom. The van der Waals surface area contributed by atoms with Gasteiger partial charge in [-0.3, -0.25) is 19.3 Å². The predicted octanol–water partition coefficient (Wildman–Crippen LogP) is 2.70. The summed E-state index contributed by atoms with van der Waals surface area (Å²) in [5.74, 6) is -1.03. The summed E-state index contributed by atoms with van der Waals surface area (Å²) in [4.78, 5) is 38.7. The average molecular weight is 323 g/mol. The van der Waals surface area contributed by atoms with E-state index in [1.165, 1.54) is 22.4 Å². The number of hydrogen-bond acceptors (Lipinski definition) is 3. The summed E-state index contributed by atoms with van der Waals surface area (Å²) >= 11 is 0. The number of aryl methyl sites for hydroxylation is 2. The Labute approximate surface area is 141 Å². The first-order valence-electron chi connectivity index (χ1n) is 8.80. The molecular formula is C20H21NO3. The van der Waals surface area contributed by atoms with E-state index in [4.69, 9.17) is 0 Å². The van der Waals surface area contributed by atoms with Crippen LogP contribution < -0.4 is 0 Å². The molecule has 2 aliphatic carbocycles. The van der Waals surface area contributed by atoms with E-state index in [2.05, 4.69) is 0 Å². The molecule has 124 valence electrons. The Hall–Kier alpha value is -2.23. The molecule has 2 amide bonds. The summed E-state index contributed by atoms with van der Waals surface area (Å²) in [6.45, 7) is -0.122. The number of imide groups is 1. The van der Waals surface area contributed by atoms with Crippen molar-refractivity contribution in [2.24, 2.45) is 11.8 Å². The molecular weight excluding hydrogens is 302 g/mol. The monoisotopic (exact) mass is 323 g/mol. The molecule has 1 aliphatic heterocycles. The minimum atomic E-state index is -0.265. The van der Waals surface area contributed by atoms with Gasteiger partial charge in [0.15, 0.2) is 5.78 Å². The highest BCUT2D eigenvalue weighted by Crippen LogP contribution is 2.35. The van der Waals surface area contributed by atoms with Crippen LogP contribution in [0.25, 0.3) is 0 Å². The highest BCUT2D eigenvalue weighted by atomic mass is 16.2. The van der Waals surface area contributed by atoms with Crippen molar-refractivity contribution in [3.05, 3.63) is 47.0 Å². The second kappa shape index (κ2) is 6.00. The summed E-state index contributed by atoms with van der Waals surface area (Å²) in [5.41, 5.74) is 3.18. The van der Waals surface area contributed by atoms with Gasteiger partial charge in [-0.15, -0.1) is 0 Å². The number of fused-ring (bicyclic) bond motifs is 2. The van der Waals surface area contributed by atoms with Gasteiger partial charge in [0.05, 0.1) is 18.4 Å². The minimum Gasteiger partial charge on any atom is -0.292 e. The highest BCUT2D eigenvalue weighted by Gasteiger charge is 2.47. The molecule has 4 rings (SSSR count). The molecule has 4 heteroatoms. The molecule has 1 aromatic carbocycles. The summed E-state index contributed by atoms with van der Waals surface area (Å²) < 4.78 is 0. The molecule has 0 radical (unpaired) electrons. The zero-order valence-electron chi connectivity index (χ0n) is 13.7. The third kappa shape index (κ3) is 2.50. The number of benzene rings is 1. The molecule has 3 aliphatic rings. The molecule has 1 heterocycles. The topological polar surface area (TPSA) is 54.5 Å². The maximum Gasteiger partial charge on any atom is 0.233 e. The number of carbonyl (C=O) groups excluding carboxylic acids is 3. The summed E-state index contributed by atoms with van der Waals surface area (Å²) in [5, 5.41) is 0. The molecule has 1 aromatic rings. The van der Waals surface area contributed by atoms with E-state index in [0.717, 1.165) is 19.3 Å². The first-order chi connectivity index (χ1) is 11.6. The standard InChI is InChI=1S/C20H21NO3/c22-18(15-10-9-13-5-1-2-6-14(13)11-15)12-21-19(23)16-7-3-4-8-17(16)20(21)24/h3-4,9-11,16-17H,1-2,5-8,12H2/t16-,17+. The fraction of sp³-hybridized carbons (Fsp3) is 0.450. The van der Waals surface area contributed by atoms with Crippen molar-refractivity contribution in [1.29, 1.82) is 0 Å². The van der Waals surface area contributed by atoms with Crippen LogP contribution in [-0.2, 0) is 22.4 Å². The third-order valence-electron chi connectivity index (χ3n) is 5.57. The van der Waals surface area contributed by atoms with Crippen molar-refractivity contribution in [3.8, 4) is 0 Å². The lowest BCUT2D eigenvalue weighted by Gasteiger charge is -2.17. The van der Waals surface area contributed by atoms with Crippen LogP contribution in [-0.4, -0.2) is 29.0 Å². The molecule has 1 saturated heterocycles. The van der Waals surface area contributed by atoms with Gasteiger partial charge >= 0.3 is 0 Å². The lowest BCUT2D eigenvalue weighted by Crippen LogP contribution is -2.36. The van der Waals surface area contributed by atoms with Crippen molar-refractivity contribution < 1.29 is 14.4 Å². The van der Waals surface area contributed by atoms with Crippen LogP contribution in [0.5, 0.6) is 0 Å². The molecule has 4 nitrogen and oxygen atoms in total. The van der Waals surface area contributed by atoms with Gasteiger partial charge in [-0.05, 0) is 55.7 Å². The SMILES string of the molecule is O=C(CN1C(=O)[C@H]2CC=CC[C@H]2C1=O)c1ccc2c(c1)CCCC2. The summed E-state index contributed by atoms with van der Waals surface area (Å²) in [7, 11) is 0. The van der Waals surface area contributed by atoms with Crippen LogP contribution in [0, 0.1) is 11.8 Å². The zero-order chi connectivity index (χ0) is 16.7. The van der Waals surface area contributed by atoms with Crippen LogP contribution in [0.1, 0.15) is 47.2 Å². The Morgan fingerprint density at radius 1 is 0.958 bits per heavy atom. The van der Waals surface area contributed by atoms with Crippen LogP contribution in [0.4, 0.5) is 0 Å². The number of nitrogens with zero attached hydrogens (tertiary/aromatic N) is 1. The van der Waals surface area contributed by atoms with Gasteiger partial charge in [0.1, 0.15) is 0 Å². The number of likely N-dealkylation sites (tertiary alicyclic amines) is 1. The van der Waals surface area contributed by atoms with E-state index >= 15 is 0 Å². The predicted molar refractivity (Wildman–Crippen MR) is 89.5 cm³/mol. The van der Waals surface area contributed by atoms with Gasteiger partial charge in [-0.2, -0.15) is 0 Å². The molecule has 0 unspecified atom stereocenters. The van der Waals surface area contributed by atoms with Gasteiger partial charge in [0, 0.05) is 5.56 Å². The number of rotatable bonds is 3. The van der Waals surface area contributed by atoms with Crippen molar-refractivity contribution in [1.82, 2.24) is 4.90 Å². The average Bonchev–Trinajstić information content (AvgIpc) is 2.86. The van der Waals surface area contributed by atoms with E-state index in [0.29, 0.717) is 18.4 Å². The molecule has 0 bridgehead atoms. The van der Waals surface area contributed by atoms with E-state index in [-0.39, 0.29) is 36.0 Å². The number of Topliss-reactive ketones (excluding diaryl/α,β-unsaturated/α-hetero) is 1. The van der Waals surface area contributed by atoms with Crippen LogP contribution in [0.15, 0.2) is 30.4 Å². The number of hydrogen-bond donors (Lipinski definition) is 0. The molecule has 0 aromatic heterocycles. The van der Waals surface area contributed by atoms with E-state index in [9.17, 15) is 14.4 Å². The van der Waals surface area contributed by atoms with E-state index in [1.54, 1.807) is 0 Å². The first-order valence-corrected chi connectivity index (χ1v) is 8.80. The number of ketones is 1. The summed E-state index contributed by atoms with van der Waals surface area (Å²) in [6.07, 6.45) is 9.58. The van der Waals surface area contributed by atoms with Crippen LogP contribution >= 0.6 is 0 Å². The summed E-state index contributed by atoms with van der Waals surface area (Å²) in [6, 6.07) is 5.82. The second-order valence-electron chi connectivity index (χ2n) is 7.03. The Balaban J connectivity index is 1.52. The van der Waals surface area contributed by atoms with Gasteiger partial charge in [0.2, 0.25) is 11.8 Å². The van der Waals surface area contributed by atoms with Gasteiger partial charge in [-0.25, -0.2) is 0 Å². The quantitative estimate of drug-likeness (QED) is 0.488. The normalized spacial score (nSPS) is 25.6. The molecule has 24 heavy (non-hydrogen) atoms. The maximum atomic E-state index is 12.6. The van der Waals surface area contributed by atoms with Gasteiger partial charge < -0.3 is 0 Å². The van der Waals surface area contributed by atoms with Gasteiger partial charge in [0.25, 0.3) is 0 Å². The molecule has 0 spiro atoms. The van der Waals surface area contributed by atoms with Crippen molar-refractivity contribution in [2.45, 2.75) is 38.5 Å². The number of amides is 2. The van der Waals surface area contributed by atoms with Gasteiger partial charge in [-0.1, -0.05) is 24.3 Å². The lowest BCUT2D eigenvalue weighted by molar-refractivity contribution is -0.139. The van der Waals surface area contributed by atoms with Crippen molar-refractivity contribution >= 4 is 17.6 Å². The number of carbonyl (C=O) groups is 3. The molecule has 0 saturated carbocycles. The zero-order valence-corrected chi connectivity index (χ0v) is 13.7. The largest absolute Gasteiger partial charge is 0.292 e. The highest BCUT2D eigenvalue weighted by molar-refractivity contribution is 6.10. The van der Waals surface area contributed by atoms with Crippen LogP contribution in [0.3, 0.4) is 0 Å². The Bertz CT molecular complexity index is 723.